The zero-order valence-corrected chi connectivity index (χ0v) is 7.33. The Morgan fingerprint density at radius 1 is 1.73 bits per heavy atom. The van der Waals surface area contributed by atoms with Crippen LogP contribution >= 0.6 is 15.9 Å². The molecule has 0 N–H and O–H groups in total. The van der Waals surface area contributed by atoms with E-state index in [1.165, 1.54) is 12.5 Å². The van der Waals surface area contributed by atoms with Crippen LogP contribution in [0.15, 0.2) is 23.0 Å². The summed E-state index contributed by atoms with van der Waals surface area (Å²) < 4.78 is 9.49. The quantitative estimate of drug-likeness (QED) is 0.575. The van der Waals surface area contributed by atoms with Gasteiger partial charge in [0, 0.05) is 5.33 Å². The highest BCUT2D eigenvalue weighted by Gasteiger charge is 2.06. The zero-order valence-electron chi connectivity index (χ0n) is 5.75. The second-order valence-corrected chi connectivity index (χ2v) is 2.63. The molecule has 3 nitrogen and oxygen atoms in total. The van der Waals surface area contributed by atoms with Gasteiger partial charge < -0.3 is 9.15 Å². The van der Waals surface area contributed by atoms with Gasteiger partial charge in [-0.2, -0.15) is 0 Å². The number of furan rings is 1. The Bertz CT molecular complexity index is 218. The van der Waals surface area contributed by atoms with Crippen LogP contribution in [-0.2, 0) is 4.74 Å². The Morgan fingerprint density at radius 2 is 2.55 bits per heavy atom. The van der Waals surface area contributed by atoms with Gasteiger partial charge in [0.1, 0.15) is 12.9 Å². The van der Waals surface area contributed by atoms with Crippen molar-refractivity contribution in [2.75, 3.05) is 11.9 Å². The Hall–Kier alpha value is -0.770. The van der Waals surface area contributed by atoms with Crippen molar-refractivity contribution in [3.05, 3.63) is 24.2 Å². The molecule has 0 aliphatic rings. The Labute approximate surface area is 72.5 Å². The minimum absolute atomic E-state index is 0.349. The molecule has 1 aromatic rings. The minimum Gasteiger partial charge on any atom is -0.472 e. The van der Waals surface area contributed by atoms with Gasteiger partial charge in [0.05, 0.1) is 11.8 Å². The van der Waals surface area contributed by atoms with Crippen LogP contribution in [0.4, 0.5) is 0 Å². The number of hydrogen-bond donors (Lipinski definition) is 0. The maximum absolute atomic E-state index is 11.0. The van der Waals surface area contributed by atoms with Crippen LogP contribution in [0.5, 0.6) is 0 Å². The van der Waals surface area contributed by atoms with Crippen molar-refractivity contribution in [1.82, 2.24) is 0 Å². The smallest absolute Gasteiger partial charge is 0.341 e. The van der Waals surface area contributed by atoms with Crippen molar-refractivity contribution in [1.29, 1.82) is 0 Å². The predicted molar refractivity (Wildman–Crippen MR) is 42.8 cm³/mol. The molecular formula is C7H7BrO3. The van der Waals surface area contributed by atoms with E-state index in [1.54, 1.807) is 6.07 Å². The predicted octanol–water partition coefficient (Wildman–Crippen LogP) is 1.83. The number of halogens is 1. The largest absolute Gasteiger partial charge is 0.472 e. The molecule has 4 heteroatoms. The van der Waals surface area contributed by atoms with E-state index in [0.29, 0.717) is 17.5 Å². The van der Waals surface area contributed by atoms with Gasteiger partial charge in [0.2, 0.25) is 0 Å². The molecule has 0 saturated carbocycles. The summed E-state index contributed by atoms with van der Waals surface area (Å²) in [4.78, 5) is 11.0. The average molecular weight is 219 g/mol. The maximum Gasteiger partial charge on any atom is 0.341 e. The number of carbonyl (C=O) groups excluding carboxylic acids is 1. The number of rotatable bonds is 3. The summed E-state index contributed by atoms with van der Waals surface area (Å²) >= 11 is 3.14. The summed E-state index contributed by atoms with van der Waals surface area (Å²) in [6.07, 6.45) is 2.79. The normalized spacial score (nSPS) is 9.55. The molecule has 1 aromatic heterocycles. The summed E-state index contributed by atoms with van der Waals surface area (Å²) in [6.45, 7) is 0.379. The Kier molecular flexibility index (Phi) is 3.16. The zero-order chi connectivity index (χ0) is 8.10. The summed E-state index contributed by atoms with van der Waals surface area (Å²) in [5, 5.41) is 0.649. The number of hydrogen-bond acceptors (Lipinski definition) is 3. The van der Waals surface area contributed by atoms with Gasteiger partial charge in [-0.15, -0.1) is 0 Å². The Morgan fingerprint density at radius 3 is 3.09 bits per heavy atom. The van der Waals surface area contributed by atoms with Gasteiger partial charge in [0.25, 0.3) is 0 Å². The topological polar surface area (TPSA) is 39.4 Å². The van der Waals surface area contributed by atoms with E-state index in [-0.39, 0.29) is 5.97 Å². The fraction of sp³-hybridized carbons (Fsp3) is 0.286. The number of alkyl halides is 1. The molecule has 1 rings (SSSR count). The first-order valence-electron chi connectivity index (χ1n) is 3.10. The van der Waals surface area contributed by atoms with Gasteiger partial charge in [-0.05, 0) is 6.07 Å². The number of ether oxygens (including phenoxy) is 1. The molecule has 60 valence electrons. The van der Waals surface area contributed by atoms with Gasteiger partial charge in [0.15, 0.2) is 0 Å². The third-order valence-corrected chi connectivity index (χ3v) is 1.39. The van der Waals surface area contributed by atoms with Crippen LogP contribution in [-0.4, -0.2) is 17.9 Å². The second-order valence-electron chi connectivity index (χ2n) is 1.84. The van der Waals surface area contributed by atoms with Crippen LogP contribution < -0.4 is 0 Å². The Balaban J connectivity index is 2.43. The number of esters is 1. The third kappa shape index (κ3) is 2.38. The van der Waals surface area contributed by atoms with Crippen molar-refractivity contribution in [2.45, 2.75) is 0 Å². The lowest BCUT2D eigenvalue weighted by atomic mass is 10.3. The summed E-state index contributed by atoms with van der Waals surface area (Å²) in [7, 11) is 0. The van der Waals surface area contributed by atoms with Gasteiger partial charge in [-0.3, -0.25) is 0 Å². The standard InChI is InChI=1S/C7H7BrO3/c8-2-4-11-7(9)6-1-3-10-5-6/h1,3,5H,2,4H2. The molecule has 0 aliphatic carbocycles. The minimum atomic E-state index is -0.349. The highest BCUT2D eigenvalue weighted by molar-refractivity contribution is 9.09. The lowest BCUT2D eigenvalue weighted by Crippen LogP contribution is -2.05. The molecule has 0 aromatic carbocycles. The van der Waals surface area contributed by atoms with Crippen molar-refractivity contribution < 1.29 is 13.9 Å². The summed E-state index contributed by atoms with van der Waals surface area (Å²) in [5.74, 6) is -0.349. The van der Waals surface area contributed by atoms with Crippen molar-refractivity contribution in [3.8, 4) is 0 Å². The third-order valence-electron chi connectivity index (χ3n) is 1.07. The highest BCUT2D eigenvalue weighted by atomic mass is 79.9. The van der Waals surface area contributed by atoms with Crippen molar-refractivity contribution in [3.63, 3.8) is 0 Å². The highest BCUT2D eigenvalue weighted by Crippen LogP contribution is 2.01. The monoisotopic (exact) mass is 218 g/mol. The van der Waals surface area contributed by atoms with E-state index in [9.17, 15) is 4.79 Å². The van der Waals surface area contributed by atoms with Gasteiger partial charge in [-0.1, -0.05) is 15.9 Å². The molecule has 0 aliphatic heterocycles. The summed E-state index contributed by atoms with van der Waals surface area (Å²) in [5.41, 5.74) is 0.450. The van der Waals surface area contributed by atoms with E-state index >= 15 is 0 Å². The average Bonchev–Trinajstić information content (AvgIpc) is 2.52. The fourth-order valence-corrected chi connectivity index (χ4v) is 0.757. The molecule has 0 amide bonds. The molecule has 0 fully saturated rings. The first-order chi connectivity index (χ1) is 5.34. The van der Waals surface area contributed by atoms with Crippen LogP contribution in [0.3, 0.4) is 0 Å². The van der Waals surface area contributed by atoms with Crippen LogP contribution in [0.25, 0.3) is 0 Å². The van der Waals surface area contributed by atoms with Crippen LogP contribution in [0.1, 0.15) is 10.4 Å². The van der Waals surface area contributed by atoms with E-state index in [4.69, 9.17) is 9.15 Å². The maximum atomic E-state index is 11.0. The first-order valence-corrected chi connectivity index (χ1v) is 4.22. The first kappa shape index (κ1) is 8.33. The number of carbonyl (C=O) groups is 1. The van der Waals surface area contributed by atoms with Gasteiger partial charge in [-0.25, -0.2) is 4.79 Å². The fourth-order valence-electron chi connectivity index (χ4n) is 0.595. The molecular weight excluding hydrogens is 212 g/mol. The van der Waals surface area contributed by atoms with E-state index < -0.39 is 0 Å². The SMILES string of the molecule is O=C(OCCBr)c1ccoc1. The molecule has 0 unspecified atom stereocenters. The molecule has 11 heavy (non-hydrogen) atoms. The van der Waals surface area contributed by atoms with E-state index in [2.05, 4.69) is 15.9 Å². The van der Waals surface area contributed by atoms with Crippen LogP contribution in [0.2, 0.25) is 0 Å². The molecule has 0 atom stereocenters. The molecule has 1 heterocycles. The van der Waals surface area contributed by atoms with E-state index in [0.717, 1.165) is 0 Å². The van der Waals surface area contributed by atoms with Gasteiger partial charge >= 0.3 is 5.97 Å². The molecule has 0 spiro atoms. The second kappa shape index (κ2) is 4.18. The molecule has 0 bridgehead atoms. The summed E-state index contributed by atoms with van der Waals surface area (Å²) in [6, 6.07) is 1.57. The molecule has 0 saturated heterocycles. The van der Waals surface area contributed by atoms with Crippen molar-refractivity contribution >= 4 is 21.9 Å². The lowest BCUT2D eigenvalue weighted by Gasteiger charge is -1.97. The van der Waals surface area contributed by atoms with E-state index in [1.807, 2.05) is 0 Å². The lowest BCUT2D eigenvalue weighted by molar-refractivity contribution is 0.0530. The van der Waals surface area contributed by atoms with Crippen LogP contribution in [0, 0.1) is 0 Å². The van der Waals surface area contributed by atoms with Crippen molar-refractivity contribution in [2.24, 2.45) is 0 Å². The molecule has 0 radical (unpaired) electrons.